The van der Waals surface area contributed by atoms with Crippen molar-refractivity contribution in [2.45, 2.75) is 32.6 Å². The van der Waals surface area contributed by atoms with Gasteiger partial charge in [0.05, 0.1) is 4.88 Å². The molecule has 0 saturated heterocycles. The van der Waals surface area contributed by atoms with E-state index >= 15 is 0 Å². The Morgan fingerprint density at radius 1 is 0.960 bits per heavy atom. The van der Waals surface area contributed by atoms with Crippen LogP contribution in [0.2, 0.25) is 0 Å². The number of carbonyl (C=O) groups excluding carboxylic acids is 3. The quantitative estimate of drug-likeness (QED) is 0.736. The van der Waals surface area contributed by atoms with Crippen molar-refractivity contribution in [3.05, 3.63) is 46.2 Å². The van der Waals surface area contributed by atoms with Gasteiger partial charge < -0.3 is 10.6 Å². The fraction of sp³-hybridized carbons (Fsp3) is 0.316. The van der Waals surface area contributed by atoms with Gasteiger partial charge in [-0.3, -0.25) is 14.4 Å². The van der Waals surface area contributed by atoms with Gasteiger partial charge in [-0.1, -0.05) is 0 Å². The van der Waals surface area contributed by atoms with Gasteiger partial charge in [-0.15, -0.1) is 11.3 Å². The Kier molecular flexibility index (Phi) is 5.28. The van der Waals surface area contributed by atoms with E-state index in [0.29, 0.717) is 10.6 Å². The first-order valence-electron chi connectivity index (χ1n) is 8.31. The molecule has 0 unspecified atom stereocenters. The Morgan fingerprint density at radius 2 is 1.60 bits per heavy atom. The highest BCUT2D eigenvalue weighted by Gasteiger charge is 2.29. The van der Waals surface area contributed by atoms with Gasteiger partial charge >= 0.3 is 0 Å². The second kappa shape index (κ2) is 7.61. The lowest BCUT2D eigenvalue weighted by atomic mass is 10.2. The van der Waals surface area contributed by atoms with E-state index in [4.69, 9.17) is 0 Å². The number of ketones is 1. The summed E-state index contributed by atoms with van der Waals surface area (Å²) in [6.45, 7) is 1.95. The number of hydrogen-bond donors (Lipinski definition) is 2. The summed E-state index contributed by atoms with van der Waals surface area (Å²) in [5, 5.41) is 5.62. The minimum Gasteiger partial charge on any atom is -0.326 e. The molecular weight excluding hydrogens is 336 g/mol. The number of rotatable bonds is 7. The van der Waals surface area contributed by atoms with E-state index in [9.17, 15) is 14.4 Å². The van der Waals surface area contributed by atoms with E-state index in [0.717, 1.165) is 23.4 Å². The van der Waals surface area contributed by atoms with Gasteiger partial charge in [-0.05, 0) is 56.2 Å². The molecule has 3 rings (SSSR count). The molecule has 1 saturated carbocycles. The second-order valence-electron chi connectivity index (χ2n) is 6.22. The average molecular weight is 356 g/mol. The van der Waals surface area contributed by atoms with Crippen molar-refractivity contribution in [1.29, 1.82) is 0 Å². The monoisotopic (exact) mass is 356 g/mol. The number of hydrogen-bond acceptors (Lipinski definition) is 4. The predicted octanol–water partition coefficient (Wildman–Crippen LogP) is 4.01. The molecule has 0 radical (unpaired) electrons. The maximum atomic E-state index is 12.0. The second-order valence-corrected chi connectivity index (χ2v) is 7.51. The van der Waals surface area contributed by atoms with Crippen LogP contribution in [0, 0.1) is 12.8 Å². The van der Waals surface area contributed by atoms with Crippen LogP contribution in [0.1, 0.15) is 40.2 Å². The lowest BCUT2D eigenvalue weighted by Gasteiger charge is -2.07. The zero-order valence-corrected chi connectivity index (χ0v) is 14.8. The lowest BCUT2D eigenvalue weighted by Crippen LogP contribution is -2.14. The van der Waals surface area contributed by atoms with Gasteiger partial charge in [0.15, 0.2) is 5.78 Å². The molecular formula is C19H20N2O3S. The summed E-state index contributed by atoms with van der Waals surface area (Å²) >= 11 is 1.45. The fourth-order valence-electron chi connectivity index (χ4n) is 2.38. The molecule has 2 amide bonds. The summed E-state index contributed by atoms with van der Waals surface area (Å²) in [5.41, 5.74) is 1.37. The largest absolute Gasteiger partial charge is 0.326 e. The van der Waals surface area contributed by atoms with E-state index in [2.05, 4.69) is 10.6 Å². The van der Waals surface area contributed by atoms with Crippen LogP contribution in [0.15, 0.2) is 36.4 Å². The van der Waals surface area contributed by atoms with Crippen molar-refractivity contribution in [3.63, 3.8) is 0 Å². The summed E-state index contributed by atoms with van der Waals surface area (Å²) in [7, 11) is 0. The first kappa shape index (κ1) is 17.4. The molecule has 2 aromatic rings. The molecule has 1 aromatic heterocycles. The summed E-state index contributed by atoms with van der Waals surface area (Å²) in [4.78, 5) is 37.5. The Hall–Kier alpha value is -2.47. The van der Waals surface area contributed by atoms with E-state index < -0.39 is 0 Å². The highest BCUT2D eigenvalue weighted by molar-refractivity contribution is 7.14. The summed E-state index contributed by atoms with van der Waals surface area (Å²) in [6.07, 6.45) is 2.27. The molecule has 0 aliphatic heterocycles. The summed E-state index contributed by atoms with van der Waals surface area (Å²) in [5.74, 6) is 0.00550. The number of Topliss-reactive ketones (excluding diaryl/α,β-unsaturated/α-hetero) is 1. The van der Waals surface area contributed by atoms with Gasteiger partial charge in [0.1, 0.15) is 0 Å². The maximum absolute atomic E-state index is 12.0. The molecule has 6 heteroatoms. The van der Waals surface area contributed by atoms with Crippen LogP contribution in [0.25, 0.3) is 0 Å². The molecule has 5 nitrogen and oxygen atoms in total. The van der Waals surface area contributed by atoms with Gasteiger partial charge in [0.25, 0.3) is 0 Å². The van der Waals surface area contributed by atoms with E-state index in [1.165, 1.54) is 11.3 Å². The molecule has 130 valence electrons. The molecule has 25 heavy (non-hydrogen) atoms. The van der Waals surface area contributed by atoms with Crippen LogP contribution in [0.4, 0.5) is 11.4 Å². The Bertz CT molecular complexity index is 791. The number of benzene rings is 1. The van der Waals surface area contributed by atoms with Gasteiger partial charge in [-0.2, -0.15) is 0 Å². The highest BCUT2D eigenvalue weighted by Crippen LogP contribution is 2.30. The van der Waals surface area contributed by atoms with Crippen LogP contribution in [-0.4, -0.2) is 17.6 Å². The first-order chi connectivity index (χ1) is 12.0. The van der Waals surface area contributed by atoms with Crippen LogP contribution >= 0.6 is 11.3 Å². The minimum atomic E-state index is -0.198. The van der Waals surface area contributed by atoms with Gasteiger partial charge in [-0.25, -0.2) is 0 Å². The van der Waals surface area contributed by atoms with Crippen molar-refractivity contribution >= 4 is 40.3 Å². The molecule has 1 fully saturated rings. The van der Waals surface area contributed by atoms with Gasteiger partial charge in [0.2, 0.25) is 11.8 Å². The third-order valence-electron chi connectivity index (χ3n) is 3.98. The van der Waals surface area contributed by atoms with Crippen LogP contribution < -0.4 is 10.6 Å². The zero-order chi connectivity index (χ0) is 17.8. The third kappa shape index (κ3) is 5.00. The summed E-state index contributed by atoms with van der Waals surface area (Å²) < 4.78 is 0. The molecule has 0 bridgehead atoms. The predicted molar refractivity (Wildman–Crippen MR) is 99.0 cm³/mol. The fourth-order valence-corrected chi connectivity index (χ4v) is 3.22. The first-order valence-corrected chi connectivity index (χ1v) is 9.13. The van der Waals surface area contributed by atoms with Crippen LogP contribution in [0.5, 0.6) is 0 Å². The normalized spacial score (nSPS) is 13.3. The molecule has 1 aromatic carbocycles. The number of carbonyl (C=O) groups is 3. The lowest BCUT2D eigenvalue weighted by molar-refractivity contribution is -0.117. The van der Waals surface area contributed by atoms with Crippen molar-refractivity contribution < 1.29 is 14.4 Å². The molecule has 0 atom stereocenters. The number of thiophene rings is 1. The van der Waals surface area contributed by atoms with Crippen molar-refractivity contribution in [2.24, 2.45) is 5.92 Å². The Morgan fingerprint density at radius 3 is 2.16 bits per heavy atom. The number of nitrogens with one attached hydrogen (secondary N) is 2. The van der Waals surface area contributed by atoms with E-state index in [-0.39, 0.29) is 36.4 Å². The molecule has 1 aliphatic carbocycles. The van der Waals surface area contributed by atoms with Crippen LogP contribution in [0.3, 0.4) is 0 Å². The minimum absolute atomic E-state index is 0.00798. The maximum Gasteiger partial charge on any atom is 0.227 e. The van der Waals surface area contributed by atoms with Crippen molar-refractivity contribution in [1.82, 2.24) is 0 Å². The number of amides is 2. The zero-order valence-electron chi connectivity index (χ0n) is 14.0. The molecule has 2 N–H and O–H groups in total. The molecule has 1 aliphatic rings. The smallest absolute Gasteiger partial charge is 0.227 e. The number of aryl methyl sites for hydroxylation is 1. The van der Waals surface area contributed by atoms with Gasteiger partial charge in [0, 0.05) is 35.0 Å². The van der Waals surface area contributed by atoms with Crippen molar-refractivity contribution in [3.8, 4) is 0 Å². The SMILES string of the molecule is Cc1ccc(C(=O)CCC(=O)Nc2ccc(NC(=O)C3CC3)cc2)s1. The Labute approximate surface area is 150 Å². The summed E-state index contributed by atoms with van der Waals surface area (Å²) in [6, 6.07) is 10.7. The topological polar surface area (TPSA) is 75.3 Å². The molecule has 0 spiro atoms. The third-order valence-corrected chi connectivity index (χ3v) is 5.02. The number of anilines is 2. The standard InChI is InChI=1S/C19H20N2O3S/c1-12-2-10-17(25-12)16(22)9-11-18(23)20-14-5-7-15(8-6-14)21-19(24)13-3-4-13/h2,5-8,10,13H,3-4,9,11H2,1H3,(H,20,23)(H,21,24). The van der Waals surface area contributed by atoms with E-state index in [1.54, 1.807) is 30.3 Å². The molecule has 1 heterocycles. The van der Waals surface area contributed by atoms with Crippen LogP contribution in [-0.2, 0) is 9.59 Å². The van der Waals surface area contributed by atoms with Crippen molar-refractivity contribution in [2.75, 3.05) is 10.6 Å². The van der Waals surface area contributed by atoms with E-state index in [1.807, 2.05) is 13.0 Å². The average Bonchev–Trinajstić information content (AvgIpc) is 3.36. The Balaban J connectivity index is 1.45. The highest BCUT2D eigenvalue weighted by atomic mass is 32.1.